The maximum absolute atomic E-state index is 14.3. The average molecular weight is 461 g/mol. The van der Waals surface area contributed by atoms with E-state index in [1.165, 1.54) is 0 Å². The van der Waals surface area contributed by atoms with Crippen molar-refractivity contribution in [2.24, 2.45) is 41.4 Å². The van der Waals surface area contributed by atoms with Gasteiger partial charge in [-0.15, -0.1) is 0 Å². The predicted octanol–water partition coefficient (Wildman–Crippen LogP) is 4.15. The summed E-state index contributed by atoms with van der Waals surface area (Å²) in [7, 11) is -5.82. The minimum Gasteiger partial charge on any atom is -0.744 e. The highest BCUT2D eigenvalue weighted by Gasteiger charge is 2.61. The predicted molar refractivity (Wildman–Crippen MR) is 96.6 cm³/mol. The first kappa shape index (κ1) is 21.2. The van der Waals surface area contributed by atoms with Gasteiger partial charge in [-0.25, -0.2) is 17.2 Å². The summed E-state index contributed by atoms with van der Waals surface area (Å²) in [6.45, 7) is 0. The third-order valence-corrected chi connectivity index (χ3v) is 9.13. The van der Waals surface area contributed by atoms with Gasteiger partial charge in [-0.2, -0.15) is 8.78 Å². The number of carbonyl (C=O) groups excluding carboxylic acids is 1. The van der Waals surface area contributed by atoms with Gasteiger partial charge < -0.3 is 9.29 Å². The number of benzene rings is 1. The van der Waals surface area contributed by atoms with Crippen molar-refractivity contribution in [1.82, 2.24) is 0 Å². The summed E-state index contributed by atoms with van der Waals surface area (Å²) in [5.74, 6) is -10.3. The summed E-state index contributed by atoms with van der Waals surface area (Å²) in [5.41, 5.74) is 0. The molecule has 0 amide bonds. The molecule has 5 aliphatic rings. The van der Waals surface area contributed by atoms with Gasteiger partial charge in [0.2, 0.25) is 17.4 Å². The van der Waals surface area contributed by atoms with Gasteiger partial charge in [0.25, 0.3) is 0 Å². The van der Waals surface area contributed by atoms with Crippen LogP contribution in [0.4, 0.5) is 17.6 Å². The van der Waals surface area contributed by atoms with E-state index in [1.807, 2.05) is 0 Å². The summed E-state index contributed by atoms with van der Waals surface area (Å²) in [6.07, 6.45) is 6.88. The lowest BCUT2D eigenvalue weighted by Crippen LogP contribution is -2.54. The lowest BCUT2D eigenvalue weighted by atomic mass is 9.48. The molecule has 0 saturated heterocycles. The summed E-state index contributed by atoms with van der Waals surface area (Å²) in [4.78, 5) is 10.7. The Morgan fingerprint density at radius 1 is 0.806 bits per heavy atom. The van der Waals surface area contributed by atoms with E-state index in [0.717, 1.165) is 38.5 Å². The summed E-state index contributed by atoms with van der Waals surface area (Å²) < 4.78 is 94.5. The Bertz CT molecular complexity index is 1010. The van der Waals surface area contributed by atoms with Crippen LogP contribution in [-0.4, -0.2) is 18.9 Å². The van der Waals surface area contributed by atoms with Crippen molar-refractivity contribution >= 4 is 16.1 Å². The molecule has 5 saturated carbocycles. The molecule has 1 aromatic rings. The Balaban J connectivity index is 1.48. The molecule has 10 heteroatoms. The molecule has 5 atom stereocenters. The van der Waals surface area contributed by atoms with Crippen LogP contribution in [0.3, 0.4) is 0 Å². The molecule has 0 aliphatic heterocycles. The molecular weight excluding hydrogens is 440 g/mol. The van der Waals surface area contributed by atoms with E-state index < -0.39 is 55.9 Å². The standard InChI is InChI=1S/C21H22F4O5S/c22-15-17(24)20(31(27,28)29)18(25)16(23)19(15)30-21(26)13-7-12-8-3-1-5-10(8)14(13)11-6-2-4-9(11)12/h8-14H,1-7H2,(H,27,28,29)/p-1. The number of ether oxygens (including phenoxy) is 1. The molecule has 0 heterocycles. The normalized spacial score (nSPS) is 36.4. The van der Waals surface area contributed by atoms with Crippen molar-refractivity contribution in [3.05, 3.63) is 23.3 Å². The average Bonchev–Trinajstić information content (AvgIpc) is 3.38. The quantitative estimate of drug-likeness (QED) is 0.222. The second-order valence-electron chi connectivity index (χ2n) is 9.39. The molecular formula is C21H21F4O5S-. The van der Waals surface area contributed by atoms with Crippen LogP contribution in [-0.2, 0) is 14.9 Å². The molecule has 0 N–H and O–H groups in total. The van der Waals surface area contributed by atoms with E-state index in [-0.39, 0.29) is 5.92 Å². The Kier molecular flexibility index (Phi) is 4.89. The van der Waals surface area contributed by atoms with Gasteiger partial charge in [0, 0.05) is 0 Å². The van der Waals surface area contributed by atoms with Crippen molar-refractivity contribution in [3.8, 4) is 5.75 Å². The number of fused-ring (bicyclic) bond motifs is 1. The van der Waals surface area contributed by atoms with Crippen molar-refractivity contribution in [2.45, 2.75) is 49.8 Å². The second kappa shape index (κ2) is 7.16. The zero-order valence-electron chi connectivity index (χ0n) is 16.5. The molecule has 31 heavy (non-hydrogen) atoms. The van der Waals surface area contributed by atoms with E-state index in [2.05, 4.69) is 0 Å². The zero-order valence-corrected chi connectivity index (χ0v) is 17.3. The third-order valence-electron chi connectivity index (χ3n) is 8.27. The van der Waals surface area contributed by atoms with Crippen LogP contribution < -0.4 is 4.74 Å². The molecule has 2 bridgehead atoms. The SMILES string of the molecule is O=C(Oc1c(F)c(F)c(S(=O)(=O)[O-])c(F)c1F)C1CC2C3CCCC3C1C1CCCC21. The third kappa shape index (κ3) is 3.04. The van der Waals surface area contributed by atoms with Gasteiger partial charge in [0.15, 0.2) is 11.6 Å². The first-order valence-electron chi connectivity index (χ1n) is 10.6. The summed E-state index contributed by atoms with van der Waals surface area (Å²) in [6, 6.07) is 0. The number of halogens is 4. The van der Waals surface area contributed by atoms with E-state index in [4.69, 9.17) is 4.74 Å². The highest BCUT2D eigenvalue weighted by Crippen LogP contribution is 2.65. The lowest BCUT2D eigenvalue weighted by molar-refractivity contribution is -0.158. The van der Waals surface area contributed by atoms with Crippen molar-refractivity contribution in [1.29, 1.82) is 0 Å². The van der Waals surface area contributed by atoms with Crippen LogP contribution in [0.25, 0.3) is 0 Å². The molecule has 5 aliphatic carbocycles. The maximum Gasteiger partial charge on any atom is 0.314 e. The first-order valence-corrected chi connectivity index (χ1v) is 12.1. The van der Waals surface area contributed by atoms with Crippen LogP contribution >= 0.6 is 0 Å². The topological polar surface area (TPSA) is 83.5 Å². The smallest absolute Gasteiger partial charge is 0.314 e. The Morgan fingerprint density at radius 3 is 1.77 bits per heavy atom. The van der Waals surface area contributed by atoms with Crippen LogP contribution in [0, 0.1) is 64.7 Å². The molecule has 5 unspecified atom stereocenters. The van der Waals surface area contributed by atoms with Crippen LogP contribution in [0.1, 0.15) is 44.9 Å². The monoisotopic (exact) mass is 461 g/mol. The van der Waals surface area contributed by atoms with Crippen molar-refractivity contribution < 1.29 is 40.1 Å². The number of rotatable bonds is 3. The van der Waals surface area contributed by atoms with Gasteiger partial charge in [0.05, 0.1) is 5.92 Å². The highest BCUT2D eigenvalue weighted by molar-refractivity contribution is 7.85. The van der Waals surface area contributed by atoms with Gasteiger partial charge in [-0.05, 0) is 67.6 Å². The van der Waals surface area contributed by atoms with Crippen molar-refractivity contribution in [2.75, 3.05) is 0 Å². The fourth-order valence-corrected chi connectivity index (χ4v) is 8.03. The highest BCUT2D eigenvalue weighted by atomic mass is 32.2. The lowest BCUT2D eigenvalue weighted by Gasteiger charge is -2.56. The minimum atomic E-state index is -5.82. The molecule has 170 valence electrons. The summed E-state index contributed by atoms with van der Waals surface area (Å²) in [5, 5.41) is 0. The molecule has 0 radical (unpaired) electrons. The maximum atomic E-state index is 14.3. The fourth-order valence-electron chi connectivity index (χ4n) is 7.42. The van der Waals surface area contributed by atoms with E-state index in [9.17, 15) is 35.3 Å². The van der Waals surface area contributed by atoms with Gasteiger partial charge >= 0.3 is 5.97 Å². The Hall–Kier alpha value is -1.68. The Morgan fingerprint density at radius 2 is 1.29 bits per heavy atom. The first-order chi connectivity index (χ1) is 14.6. The fraction of sp³-hybridized carbons (Fsp3) is 0.667. The second-order valence-corrected chi connectivity index (χ2v) is 10.7. The largest absolute Gasteiger partial charge is 0.744 e. The van der Waals surface area contributed by atoms with Gasteiger partial charge in [-0.3, -0.25) is 4.79 Å². The Labute approximate surface area is 176 Å². The van der Waals surface area contributed by atoms with Crippen LogP contribution in [0.5, 0.6) is 5.75 Å². The number of carbonyl (C=O) groups is 1. The van der Waals surface area contributed by atoms with E-state index in [0.29, 0.717) is 36.0 Å². The van der Waals surface area contributed by atoms with Gasteiger partial charge in [0.1, 0.15) is 15.0 Å². The zero-order chi connectivity index (χ0) is 22.2. The summed E-state index contributed by atoms with van der Waals surface area (Å²) >= 11 is 0. The minimum absolute atomic E-state index is 0.0135. The molecule has 0 aromatic heterocycles. The molecule has 0 spiro atoms. The number of hydrogen-bond donors (Lipinski definition) is 0. The number of hydrogen-bond acceptors (Lipinski definition) is 5. The van der Waals surface area contributed by atoms with E-state index in [1.54, 1.807) is 0 Å². The van der Waals surface area contributed by atoms with Crippen LogP contribution in [0.2, 0.25) is 0 Å². The van der Waals surface area contributed by atoms with Gasteiger partial charge in [-0.1, -0.05) is 12.8 Å². The molecule has 5 nitrogen and oxygen atoms in total. The van der Waals surface area contributed by atoms with E-state index >= 15 is 0 Å². The van der Waals surface area contributed by atoms with Crippen molar-refractivity contribution in [3.63, 3.8) is 0 Å². The number of esters is 1. The molecule has 1 aromatic carbocycles. The van der Waals surface area contributed by atoms with Crippen LogP contribution in [0.15, 0.2) is 4.90 Å². The molecule has 5 fully saturated rings. The molecule has 6 rings (SSSR count).